The Hall–Kier alpha value is -1.11. The summed E-state index contributed by atoms with van der Waals surface area (Å²) in [6.07, 6.45) is 0. The van der Waals surface area contributed by atoms with Gasteiger partial charge in [-0.3, -0.25) is 0 Å². The number of aromatic nitrogens is 3. The number of hydrogen-bond acceptors (Lipinski definition) is 5. The Kier molecular flexibility index (Phi) is 4.21. The Morgan fingerprint density at radius 3 is 2.44 bits per heavy atom. The van der Waals surface area contributed by atoms with Crippen LogP contribution in [0.4, 0.5) is 11.6 Å². The molecule has 1 aromatic heterocycles. The van der Waals surface area contributed by atoms with E-state index in [1.54, 1.807) is 13.2 Å². The predicted molar refractivity (Wildman–Crippen MR) is 73.8 cm³/mol. The number of methoxy groups -OCH3 is 1. The van der Waals surface area contributed by atoms with Crippen LogP contribution in [0.3, 0.4) is 0 Å². The van der Waals surface area contributed by atoms with E-state index in [9.17, 15) is 0 Å². The summed E-state index contributed by atoms with van der Waals surface area (Å²) in [5.41, 5.74) is 0.685. The molecule has 0 unspecified atom stereocenters. The topological polar surface area (TPSA) is 59.9 Å². The number of anilines is 2. The first-order chi connectivity index (χ1) is 8.58. The summed E-state index contributed by atoms with van der Waals surface area (Å²) >= 11 is 14.8. The Morgan fingerprint density at radius 2 is 1.83 bits per heavy atom. The SMILES string of the molecule is COc1ccc(Br)cc1Nc1nc(Cl)nc(Cl)n1. The molecule has 0 bridgehead atoms. The lowest BCUT2D eigenvalue weighted by Crippen LogP contribution is -2.01. The van der Waals surface area contributed by atoms with Gasteiger partial charge >= 0.3 is 0 Å². The molecule has 8 heteroatoms. The molecular weight excluding hydrogens is 343 g/mol. The molecule has 0 atom stereocenters. The van der Waals surface area contributed by atoms with Crippen molar-refractivity contribution in [2.45, 2.75) is 0 Å². The lowest BCUT2D eigenvalue weighted by molar-refractivity contribution is 0.416. The molecule has 2 rings (SSSR count). The summed E-state index contributed by atoms with van der Waals surface area (Å²) in [6, 6.07) is 5.48. The Labute approximate surface area is 122 Å². The van der Waals surface area contributed by atoms with Gasteiger partial charge in [0, 0.05) is 4.47 Å². The number of ether oxygens (including phenoxy) is 1. The van der Waals surface area contributed by atoms with Crippen LogP contribution >= 0.6 is 39.1 Å². The zero-order valence-corrected chi connectivity index (χ0v) is 12.2. The molecule has 1 aromatic carbocycles. The second-order valence-electron chi connectivity index (χ2n) is 3.17. The van der Waals surface area contributed by atoms with Gasteiger partial charge in [0.2, 0.25) is 16.5 Å². The highest BCUT2D eigenvalue weighted by molar-refractivity contribution is 9.10. The lowest BCUT2D eigenvalue weighted by Gasteiger charge is -2.10. The monoisotopic (exact) mass is 348 g/mol. The average molecular weight is 350 g/mol. The van der Waals surface area contributed by atoms with Crippen molar-refractivity contribution in [1.29, 1.82) is 0 Å². The van der Waals surface area contributed by atoms with Crippen LogP contribution in [0.5, 0.6) is 5.75 Å². The van der Waals surface area contributed by atoms with E-state index in [1.807, 2.05) is 12.1 Å². The number of nitrogens with one attached hydrogen (secondary N) is 1. The molecular formula is C10H7BrCl2N4O. The van der Waals surface area contributed by atoms with Crippen LogP contribution in [0.15, 0.2) is 22.7 Å². The fourth-order valence-corrected chi connectivity index (χ4v) is 2.00. The highest BCUT2D eigenvalue weighted by atomic mass is 79.9. The van der Waals surface area contributed by atoms with Crippen LogP contribution in [0, 0.1) is 0 Å². The summed E-state index contributed by atoms with van der Waals surface area (Å²) in [5, 5.41) is 3.00. The number of nitrogens with zero attached hydrogens (tertiary/aromatic N) is 3. The molecule has 0 aliphatic carbocycles. The van der Waals surface area contributed by atoms with E-state index in [-0.39, 0.29) is 16.5 Å². The minimum atomic E-state index is 0.0199. The molecule has 2 aromatic rings. The van der Waals surface area contributed by atoms with Crippen molar-refractivity contribution in [2.24, 2.45) is 0 Å². The first kappa shape index (κ1) is 13.3. The van der Waals surface area contributed by atoms with Gasteiger partial charge in [-0.15, -0.1) is 0 Å². The van der Waals surface area contributed by atoms with Crippen molar-refractivity contribution in [1.82, 2.24) is 15.0 Å². The maximum absolute atomic E-state index is 5.69. The van der Waals surface area contributed by atoms with Crippen molar-refractivity contribution in [3.63, 3.8) is 0 Å². The number of hydrogen-bond donors (Lipinski definition) is 1. The van der Waals surface area contributed by atoms with Crippen molar-refractivity contribution in [3.05, 3.63) is 33.2 Å². The maximum atomic E-state index is 5.69. The summed E-state index contributed by atoms with van der Waals surface area (Å²) in [4.78, 5) is 11.5. The molecule has 0 saturated carbocycles. The maximum Gasteiger partial charge on any atom is 0.232 e. The van der Waals surface area contributed by atoms with Crippen LogP contribution in [-0.2, 0) is 0 Å². The molecule has 0 radical (unpaired) electrons. The zero-order chi connectivity index (χ0) is 13.1. The molecule has 1 heterocycles. The van der Waals surface area contributed by atoms with Gasteiger partial charge in [0.1, 0.15) is 5.75 Å². The molecule has 0 saturated heterocycles. The predicted octanol–water partition coefficient (Wildman–Crippen LogP) is 3.69. The second-order valence-corrected chi connectivity index (χ2v) is 4.76. The molecule has 1 N–H and O–H groups in total. The van der Waals surface area contributed by atoms with E-state index < -0.39 is 0 Å². The molecule has 0 aliphatic heterocycles. The van der Waals surface area contributed by atoms with Crippen LogP contribution in [0.25, 0.3) is 0 Å². The molecule has 94 valence electrons. The van der Waals surface area contributed by atoms with Crippen LogP contribution in [0.1, 0.15) is 0 Å². The average Bonchev–Trinajstić information content (AvgIpc) is 2.27. The van der Waals surface area contributed by atoms with E-state index in [0.717, 1.165) is 4.47 Å². The summed E-state index contributed by atoms with van der Waals surface area (Å²) in [5.74, 6) is 0.891. The van der Waals surface area contributed by atoms with E-state index in [4.69, 9.17) is 27.9 Å². The van der Waals surface area contributed by atoms with Crippen LogP contribution in [-0.4, -0.2) is 22.1 Å². The van der Waals surface area contributed by atoms with Crippen molar-refractivity contribution >= 4 is 50.8 Å². The highest BCUT2D eigenvalue weighted by Gasteiger charge is 2.08. The van der Waals surface area contributed by atoms with Gasteiger partial charge in [-0.05, 0) is 41.4 Å². The molecule has 0 aliphatic rings. The molecule has 0 fully saturated rings. The second kappa shape index (κ2) is 5.69. The van der Waals surface area contributed by atoms with Gasteiger partial charge in [0.25, 0.3) is 0 Å². The molecule has 0 spiro atoms. The van der Waals surface area contributed by atoms with Crippen LogP contribution < -0.4 is 10.1 Å². The Morgan fingerprint density at radius 1 is 1.17 bits per heavy atom. The number of rotatable bonds is 3. The minimum absolute atomic E-state index is 0.0199. The Bertz CT molecular complexity index is 562. The zero-order valence-electron chi connectivity index (χ0n) is 9.12. The van der Waals surface area contributed by atoms with Crippen molar-refractivity contribution in [3.8, 4) is 5.75 Å². The van der Waals surface area contributed by atoms with Gasteiger partial charge in [-0.1, -0.05) is 15.9 Å². The third-order valence-electron chi connectivity index (χ3n) is 1.99. The van der Waals surface area contributed by atoms with Gasteiger partial charge in [0.05, 0.1) is 12.8 Å². The lowest BCUT2D eigenvalue weighted by atomic mass is 10.3. The van der Waals surface area contributed by atoms with E-state index >= 15 is 0 Å². The summed E-state index contributed by atoms with van der Waals surface area (Å²) in [6.45, 7) is 0. The molecule has 0 amide bonds. The largest absolute Gasteiger partial charge is 0.495 e. The quantitative estimate of drug-likeness (QED) is 0.915. The fourth-order valence-electron chi connectivity index (χ4n) is 1.28. The van der Waals surface area contributed by atoms with E-state index in [0.29, 0.717) is 11.4 Å². The Balaban J connectivity index is 2.35. The van der Waals surface area contributed by atoms with E-state index in [1.165, 1.54) is 0 Å². The summed E-state index contributed by atoms with van der Waals surface area (Å²) < 4.78 is 6.10. The first-order valence-electron chi connectivity index (χ1n) is 4.76. The third kappa shape index (κ3) is 3.22. The highest BCUT2D eigenvalue weighted by Crippen LogP contribution is 2.29. The van der Waals surface area contributed by atoms with E-state index in [2.05, 4.69) is 36.2 Å². The summed E-state index contributed by atoms with van der Waals surface area (Å²) in [7, 11) is 1.57. The van der Waals surface area contributed by atoms with Crippen molar-refractivity contribution < 1.29 is 4.74 Å². The normalized spacial score (nSPS) is 10.2. The van der Waals surface area contributed by atoms with Crippen LogP contribution in [0.2, 0.25) is 10.6 Å². The smallest absolute Gasteiger partial charge is 0.232 e. The van der Waals surface area contributed by atoms with Gasteiger partial charge < -0.3 is 10.1 Å². The van der Waals surface area contributed by atoms with Gasteiger partial charge in [-0.25, -0.2) is 0 Å². The number of benzene rings is 1. The minimum Gasteiger partial charge on any atom is -0.495 e. The number of halogens is 3. The fraction of sp³-hybridized carbons (Fsp3) is 0.100. The third-order valence-corrected chi connectivity index (χ3v) is 2.82. The van der Waals surface area contributed by atoms with Gasteiger partial charge in [-0.2, -0.15) is 15.0 Å². The molecule has 18 heavy (non-hydrogen) atoms. The standard InChI is InChI=1S/C10H7BrCl2N4O/c1-18-7-3-2-5(11)4-6(7)14-10-16-8(12)15-9(13)17-10/h2-4H,1H3,(H,14,15,16,17). The van der Waals surface area contributed by atoms with Crippen molar-refractivity contribution in [2.75, 3.05) is 12.4 Å². The molecule has 5 nitrogen and oxygen atoms in total. The first-order valence-corrected chi connectivity index (χ1v) is 6.31. The van der Waals surface area contributed by atoms with Gasteiger partial charge in [0.15, 0.2) is 0 Å².